The summed E-state index contributed by atoms with van der Waals surface area (Å²) in [6.45, 7) is 8.16. The van der Waals surface area contributed by atoms with E-state index in [0.717, 1.165) is 6.54 Å². The van der Waals surface area contributed by atoms with E-state index in [1.54, 1.807) is 0 Å². The van der Waals surface area contributed by atoms with Crippen LogP contribution in [0.4, 0.5) is 0 Å². The third kappa shape index (κ3) is 10.5. The summed E-state index contributed by atoms with van der Waals surface area (Å²) in [6.07, 6.45) is 12.8. The van der Waals surface area contributed by atoms with Gasteiger partial charge < -0.3 is 5.32 Å². The second-order valence-corrected chi connectivity index (χ2v) is 5.92. The Bertz CT molecular complexity index is 140. The minimum atomic E-state index is 0.483. The van der Waals surface area contributed by atoms with Gasteiger partial charge in [0.05, 0.1) is 0 Å². The smallest absolute Gasteiger partial charge is 0.0000488 e. The monoisotopic (exact) mass is 227 g/mol. The maximum absolute atomic E-state index is 3.28. The molecule has 0 aromatic rings. The molecular weight excluding hydrogens is 194 g/mol. The van der Waals surface area contributed by atoms with Gasteiger partial charge in [0.15, 0.2) is 0 Å². The van der Waals surface area contributed by atoms with E-state index in [9.17, 15) is 0 Å². The lowest BCUT2D eigenvalue weighted by Crippen LogP contribution is -2.26. The Hall–Kier alpha value is -0.0400. The van der Waals surface area contributed by atoms with E-state index < -0.39 is 0 Å². The Morgan fingerprint density at radius 3 is 1.81 bits per heavy atom. The van der Waals surface area contributed by atoms with Gasteiger partial charge in [0.25, 0.3) is 0 Å². The van der Waals surface area contributed by atoms with Crippen molar-refractivity contribution in [1.29, 1.82) is 0 Å². The van der Waals surface area contributed by atoms with Crippen LogP contribution in [-0.4, -0.2) is 13.6 Å². The summed E-state index contributed by atoms with van der Waals surface area (Å²) in [5.74, 6) is 0. The van der Waals surface area contributed by atoms with Crippen molar-refractivity contribution in [3.63, 3.8) is 0 Å². The fourth-order valence-corrected chi connectivity index (χ4v) is 2.30. The first-order valence-corrected chi connectivity index (χ1v) is 7.27. The average Bonchev–Trinajstić information content (AvgIpc) is 2.22. The topological polar surface area (TPSA) is 12.0 Å². The molecule has 0 aromatic heterocycles. The molecule has 0 aliphatic rings. The molecule has 0 amide bonds. The van der Waals surface area contributed by atoms with E-state index in [1.807, 2.05) is 0 Å². The molecule has 16 heavy (non-hydrogen) atoms. The van der Waals surface area contributed by atoms with Gasteiger partial charge in [-0.1, -0.05) is 72.1 Å². The van der Waals surface area contributed by atoms with E-state index in [2.05, 4.69) is 33.1 Å². The zero-order chi connectivity index (χ0) is 12.3. The van der Waals surface area contributed by atoms with Crippen molar-refractivity contribution in [1.82, 2.24) is 5.32 Å². The van der Waals surface area contributed by atoms with Crippen molar-refractivity contribution < 1.29 is 0 Å². The highest BCUT2D eigenvalue weighted by molar-refractivity contribution is 4.70. The van der Waals surface area contributed by atoms with Gasteiger partial charge >= 0.3 is 0 Å². The minimum Gasteiger partial charge on any atom is -0.319 e. The molecular formula is C15H33N. The molecule has 0 aliphatic carbocycles. The van der Waals surface area contributed by atoms with Crippen LogP contribution < -0.4 is 5.32 Å². The summed E-state index contributed by atoms with van der Waals surface area (Å²) < 4.78 is 0. The molecule has 0 saturated carbocycles. The second kappa shape index (κ2) is 10.1. The molecule has 0 aliphatic heterocycles. The molecule has 0 saturated heterocycles. The van der Waals surface area contributed by atoms with E-state index in [-0.39, 0.29) is 0 Å². The van der Waals surface area contributed by atoms with Crippen LogP contribution in [0.3, 0.4) is 0 Å². The molecule has 0 spiro atoms. The van der Waals surface area contributed by atoms with E-state index in [1.165, 1.54) is 57.8 Å². The van der Waals surface area contributed by atoms with Crippen LogP contribution in [0.25, 0.3) is 0 Å². The first kappa shape index (κ1) is 16.0. The molecule has 0 unspecified atom stereocenters. The maximum atomic E-state index is 3.28. The third-order valence-electron chi connectivity index (χ3n) is 3.36. The predicted octanol–water partition coefficient (Wildman–Crippen LogP) is 4.76. The Balaban J connectivity index is 3.20. The Morgan fingerprint density at radius 2 is 1.31 bits per heavy atom. The SMILES string of the molecule is CCCCCCCCCCC(C)(C)CNC. The molecule has 1 nitrogen and oxygen atoms in total. The molecule has 98 valence electrons. The van der Waals surface area contributed by atoms with E-state index in [0.29, 0.717) is 5.41 Å². The van der Waals surface area contributed by atoms with Gasteiger partial charge in [0.2, 0.25) is 0 Å². The van der Waals surface area contributed by atoms with E-state index in [4.69, 9.17) is 0 Å². The van der Waals surface area contributed by atoms with E-state index >= 15 is 0 Å². The van der Waals surface area contributed by atoms with Crippen LogP contribution in [0, 0.1) is 5.41 Å². The second-order valence-electron chi connectivity index (χ2n) is 5.92. The number of nitrogens with one attached hydrogen (secondary N) is 1. The lowest BCUT2D eigenvalue weighted by atomic mass is 9.87. The van der Waals surface area contributed by atoms with Gasteiger partial charge in [-0.2, -0.15) is 0 Å². The minimum absolute atomic E-state index is 0.483. The van der Waals surface area contributed by atoms with Crippen molar-refractivity contribution in [3.8, 4) is 0 Å². The van der Waals surface area contributed by atoms with Crippen molar-refractivity contribution in [3.05, 3.63) is 0 Å². The fraction of sp³-hybridized carbons (Fsp3) is 1.00. The van der Waals surface area contributed by atoms with Gasteiger partial charge in [0, 0.05) is 0 Å². The highest BCUT2D eigenvalue weighted by Crippen LogP contribution is 2.23. The van der Waals surface area contributed by atoms with Crippen LogP contribution >= 0.6 is 0 Å². The summed E-state index contributed by atoms with van der Waals surface area (Å²) in [5, 5.41) is 3.28. The van der Waals surface area contributed by atoms with Crippen LogP contribution in [-0.2, 0) is 0 Å². The molecule has 0 atom stereocenters. The number of rotatable bonds is 11. The number of hydrogen-bond acceptors (Lipinski definition) is 1. The largest absolute Gasteiger partial charge is 0.319 e. The molecule has 0 bridgehead atoms. The Labute approximate surface area is 103 Å². The first-order valence-electron chi connectivity index (χ1n) is 7.27. The lowest BCUT2D eigenvalue weighted by molar-refractivity contribution is 0.309. The number of unbranched alkanes of at least 4 members (excludes halogenated alkanes) is 7. The summed E-state index contributed by atoms with van der Waals surface area (Å²) in [7, 11) is 2.05. The highest BCUT2D eigenvalue weighted by Gasteiger charge is 2.15. The van der Waals surface area contributed by atoms with Crippen molar-refractivity contribution in [2.75, 3.05) is 13.6 Å². The molecule has 0 radical (unpaired) electrons. The molecule has 0 heterocycles. The Morgan fingerprint density at radius 1 is 0.812 bits per heavy atom. The van der Waals surface area contributed by atoms with Crippen LogP contribution in [0.2, 0.25) is 0 Å². The maximum Gasteiger partial charge on any atom is -0.0000488 e. The third-order valence-corrected chi connectivity index (χ3v) is 3.36. The van der Waals surface area contributed by atoms with Crippen molar-refractivity contribution in [2.24, 2.45) is 5.41 Å². The van der Waals surface area contributed by atoms with Crippen LogP contribution in [0.1, 0.15) is 78.6 Å². The summed E-state index contributed by atoms with van der Waals surface area (Å²) in [5.41, 5.74) is 0.483. The molecule has 0 rings (SSSR count). The summed E-state index contributed by atoms with van der Waals surface area (Å²) >= 11 is 0. The quantitative estimate of drug-likeness (QED) is 0.502. The van der Waals surface area contributed by atoms with Gasteiger partial charge in [0.1, 0.15) is 0 Å². The highest BCUT2D eigenvalue weighted by atomic mass is 14.8. The number of hydrogen-bond donors (Lipinski definition) is 1. The fourth-order valence-electron chi connectivity index (χ4n) is 2.30. The lowest BCUT2D eigenvalue weighted by Gasteiger charge is -2.23. The zero-order valence-corrected chi connectivity index (χ0v) is 12.1. The van der Waals surface area contributed by atoms with Gasteiger partial charge in [-0.3, -0.25) is 0 Å². The van der Waals surface area contributed by atoms with Gasteiger partial charge in [-0.15, -0.1) is 0 Å². The molecule has 0 fully saturated rings. The molecule has 1 N–H and O–H groups in total. The predicted molar refractivity (Wildman–Crippen MR) is 74.9 cm³/mol. The summed E-state index contributed by atoms with van der Waals surface area (Å²) in [4.78, 5) is 0. The molecule has 0 aromatic carbocycles. The van der Waals surface area contributed by atoms with Gasteiger partial charge in [-0.05, 0) is 25.4 Å². The van der Waals surface area contributed by atoms with Crippen LogP contribution in [0.5, 0.6) is 0 Å². The first-order chi connectivity index (χ1) is 7.62. The summed E-state index contributed by atoms with van der Waals surface area (Å²) in [6, 6.07) is 0. The zero-order valence-electron chi connectivity index (χ0n) is 12.1. The Kier molecular flexibility index (Phi) is 10.1. The standard InChI is InChI=1S/C15H33N/c1-5-6-7-8-9-10-11-12-13-15(2,3)14-16-4/h16H,5-14H2,1-4H3. The molecule has 1 heteroatoms. The normalized spacial score (nSPS) is 12.0. The van der Waals surface area contributed by atoms with Crippen molar-refractivity contribution in [2.45, 2.75) is 78.6 Å². The van der Waals surface area contributed by atoms with Gasteiger partial charge in [-0.25, -0.2) is 0 Å². The van der Waals surface area contributed by atoms with Crippen LogP contribution in [0.15, 0.2) is 0 Å². The van der Waals surface area contributed by atoms with Crippen molar-refractivity contribution >= 4 is 0 Å². The average molecular weight is 227 g/mol.